The Hall–Kier alpha value is -1.08. The first-order valence-electron chi connectivity index (χ1n) is 5.23. The highest BCUT2D eigenvalue weighted by Crippen LogP contribution is 2.21. The normalized spacial score (nSPS) is 27.3. The molecule has 1 rings (SSSR count). The van der Waals surface area contributed by atoms with Crippen molar-refractivity contribution >= 4 is 5.91 Å². The molecule has 84 valence electrons. The van der Waals surface area contributed by atoms with Crippen LogP contribution in [0.25, 0.3) is 0 Å². The number of amides is 1. The predicted octanol–water partition coefficient (Wildman–Crippen LogP) is 1.17. The Labute approximate surface area is 90.8 Å². The molecule has 0 aromatic rings. The summed E-state index contributed by atoms with van der Waals surface area (Å²) in [6.07, 6.45) is 0.0967. The summed E-state index contributed by atoms with van der Waals surface area (Å²) in [5.74, 6) is -0.105. The molecule has 0 spiro atoms. The van der Waals surface area contributed by atoms with E-state index in [2.05, 4.69) is 0 Å². The Balaban J connectivity index is 2.73. The average Bonchev–Trinajstić information content (AvgIpc) is 2.15. The Morgan fingerprint density at radius 2 is 1.87 bits per heavy atom. The molecule has 1 aliphatic rings. The SMILES string of the molecule is CC1CN(C(=O)C(C)(C)C#N)CC(C)O1. The topological polar surface area (TPSA) is 53.3 Å². The van der Waals surface area contributed by atoms with Crippen molar-refractivity contribution in [2.75, 3.05) is 13.1 Å². The number of ether oxygens (including phenoxy) is 1. The van der Waals surface area contributed by atoms with E-state index in [0.717, 1.165) is 0 Å². The van der Waals surface area contributed by atoms with Crippen molar-refractivity contribution in [1.29, 1.82) is 5.26 Å². The van der Waals surface area contributed by atoms with Crippen LogP contribution in [0.2, 0.25) is 0 Å². The van der Waals surface area contributed by atoms with E-state index in [4.69, 9.17) is 10.00 Å². The lowest BCUT2D eigenvalue weighted by Crippen LogP contribution is -2.51. The van der Waals surface area contributed by atoms with E-state index in [0.29, 0.717) is 13.1 Å². The summed E-state index contributed by atoms with van der Waals surface area (Å²) in [5, 5.41) is 8.90. The Morgan fingerprint density at radius 3 is 2.27 bits per heavy atom. The smallest absolute Gasteiger partial charge is 0.242 e. The Kier molecular flexibility index (Phi) is 3.35. The number of hydrogen-bond acceptors (Lipinski definition) is 3. The number of nitrogens with zero attached hydrogens (tertiary/aromatic N) is 2. The molecule has 0 aromatic carbocycles. The molecule has 0 radical (unpaired) electrons. The third kappa shape index (κ3) is 2.69. The van der Waals surface area contributed by atoms with Crippen LogP contribution in [0.5, 0.6) is 0 Å². The first-order valence-corrected chi connectivity index (χ1v) is 5.23. The first-order chi connectivity index (χ1) is 6.86. The number of morpholine rings is 1. The van der Waals surface area contributed by atoms with Crippen molar-refractivity contribution in [3.05, 3.63) is 0 Å². The summed E-state index contributed by atoms with van der Waals surface area (Å²) in [6, 6.07) is 2.04. The van der Waals surface area contributed by atoms with Gasteiger partial charge in [0.15, 0.2) is 0 Å². The van der Waals surface area contributed by atoms with E-state index >= 15 is 0 Å². The van der Waals surface area contributed by atoms with E-state index in [-0.39, 0.29) is 18.1 Å². The van der Waals surface area contributed by atoms with Crippen LogP contribution in [0.3, 0.4) is 0 Å². The van der Waals surface area contributed by atoms with E-state index < -0.39 is 5.41 Å². The first kappa shape index (κ1) is 12.0. The van der Waals surface area contributed by atoms with Gasteiger partial charge in [-0.2, -0.15) is 5.26 Å². The second kappa shape index (κ2) is 4.19. The van der Waals surface area contributed by atoms with Gasteiger partial charge >= 0.3 is 0 Å². The van der Waals surface area contributed by atoms with Gasteiger partial charge in [0, 0.05) is 13.1 Å². The maximum atomic E-state index is 12.0. The molecule has 1 heterocycles. The number of carbonyl (C=O) groups is 1. The molecule has 0 aromatic heterocycles. The molecular weight excluding hydrogens is 192 g/mol. The van der Waals surface area contributed by atoms with Gasteiger partial charge in [-0.25, -0.2) is 0 Å². The van der Waals surface area contributed by atoms with Crippen molar-refractivity contribution in [2.24, 2.45) is 5.41 Å². The maximum absolute atomic E-state index is 12.0. The van der Waals surface area contributed by atoms with Gasteiger partial charge in [-0.1, -0.05) is 0 Å². The fourth-order valence-electron chi connectivity index (χ4n) is 1.79. The summed E-state index contributed by atoms with van der Waals surface area (Å²) >= 11 is 0. The summed E-state index contributed by atoms with van der Waals surface area (Å²) in [5.41, 5.74) is -0.934. The molecule has 0 saturated carbocycles. The van der Waals surface area contributed by atoms with Crippen LogP contribution in [-0.4, -0.2) is 36.1 Å². The molecule has 2 atom stereocenters. The van der Waals surface area contributed by atoms with Crippen LogP contribution in [0.15, 0.2) is 0 Å². The molecule has 0 bridgehead atoms. The molecular formula is C11H18N2O2. The molecule has 15 heavy (non-hydrogen) atoms. The highest BCUT2D eigenvalue weighted by molar-refractivity contribution is 5.84. The number of carbonyl (C=O) groups excluding carboxylic acids is 1. The van der Waals surface area contributed by atoms with E-state index in [9.17, 15) is 4.79 Å². The van der Waals surface area contributed by atoms with Crippen LogP contribution >= 0.6 is 0 Å². The van der Waals surface area contributed by atoms with Crippen molar-refractivity contribution < 1.29 is 9.53 Å². The number of nitriles is 1. The highest BCUT2D eigenvalue weighted by atomic mass is 16.5. The van der Waals surface area contributed by atoms with Gasteiger partial charge in [0.25, 0.3) is 0 Å². The van der Waals surface area contributed by atoms with Gasteiger partial charge in [-0.05, 0) is 27.7 Å². The fraction of sp³-hybridized carbons (Fsp3) is 0.818. The van der Waals surface area contributed by atoms with Crippen molar-refractivity contribution in [1.82, 2.24) is 4.90 Å². The molecule has 0 aliphatic carbocycles. The standard InChI is InChI=1S/C11H18N2O2/c1-8-5-13(6-9(2)15-8)10(14)11(3,4)7-12/h8-9H,5-6H2,1-4H3. The summed E-state index contributed by atoms with van der Waals surface area (Å²) in [6.45, 7) is 8.34. The van der Waals surface area contributed by atoms with Gasteiger partial charge in [0.2, 0.25) is 5.91 Å². The van der Waals surface area contributed by atoms with Crippen LogP contribution in [0.1, 0.15) is 27.7 Å². The second-order valence-electron chi connectivity index (χ2n) is 4.70. The largest absolute Gasteiger partial charge is 0.372 e. The highest BCUT2D eigenvalue weighted by Gasteiger charge is 2.35. The molecule has 1 saturated heterocycles. The van der Waals surface area contributed by atoms with Crippen molar-refractivity contribution in [3.8, 4) is 6.07 Å². The lowest BCUT2D eigenvalue weighted by molar-refractivity contribution is -0.149. The summed E-state index contributed by atoms with van der Waals surface area (Å²) < 4.78 is 5.54. The quantitative estimate of drug-likeness (QED) is 0.653. The molecule has 1 aliphatic heterocycles. The molecule has 4 nitrogen and oxygen atoms in total. The zero-order valence-electron chi connectivity index (χ0n) is 9.78. The fourth-order valence-corrected chi connectivity index (χ4v) is 1.79. The molecule has 2 unspecified atom stereocenters. The molecule has 1 fully saturated rings. The zero-order valence-corrected chi connectivity index (χ0v) is 9.78. The predicted molar refractivity (Wildman–Crippen MR) is 56.0 cm³/mol. The second-order valence-corrected chi connectivity index (χ2v) is 4.70. The minimum Gasteiger partial charge on any atom is -0.372 e. The van der Waals surface area contributed by atoms with Crippen molar-refractivity contribution in [3.63, 3.8) is 0 Å². The lowest BCUT2D eigenvalue weighted by Gasteiger charge is -2.37. The summed E-state index contributed by atoms with van der Waals surface area (Å²) in [4.78, 5) is 13.7. The number of rotatable bonds is 1. The molecule has 0 N–H and O–H groups in total. The minimum absolute atomic E-state index is 0.0483. The van der Waals surface area contributed by atoms with Crippen LogP contribution < -0.4 is 0 Å². The lowest BCUT2D eigenvalue weighted by atomic mass is 9.93. The van der Waals surface area contributed by atoms with E-state index in [1.807, 2.05) is 19.9 Å². The van der Waals surface area contributed by atoms with Gasteiger partial charge in [-0.15, -0.1) is 0 Å². The number of hydrogen-bond donors (Lipinski definition) is 0. The third-order valence-corrected chi connectivity index (χ3v) is 2.52. The van der Waals surface area contributed by atoms with E-state index in [1.54, 1.807) is 18.7 Å². The van der Waals surface area contributed by atoms with Crippen LogP contribution in [0, 0.1) is 16.7 Å². The van der Waals surface area contributed by atoms with Gasteiger partial charge in [0.05, 0.1) is 18.3 Å². The maximum Gasteiger partial charge on any atom is 0.242 e. The van der Waals surface area contributed by atoms with Crippen molar-refractivity contribution in [2.45, 2.75) is 39.9 Å². The van der Waals surface area contributed by atoms with Crippen LogP contribution in [-0.2, 0) is 9.53 Å². The van der Waals surface area contributed by atoms with E-state index in [1.165, 1.54) is 0 Å². The minimum atomic E-state index is -0.934. The Bertz CT molecular complexity index is 283. The monoisotopic (exact) mass is 210 g/mol. The third-order valence-electron chi connectivity index (χ3n) is 2.52. The Morgan fingerprint density at radius 1 is 1.40 bits per heavy atom. The van der Waals surface area contributed by atoms with Gasteiger partial charge < -0.3 is 9.64 Å². The molecule has 1 amide bonds. The van der Waals surface area contributed by atoms with Crippen LogP contribution in [0.4, 0.5) is 0 Å². The zero-order chi connectivity index (χ0) is 11.6. The van der Waals surface area contributed by atoms with Gasteiger partial charge in [0.1, 0.15) is 5.41 Å². The van der Waals surface area contributed by atoms with Gasteiger partial charge in [-0.3, -0.25) is 4.79 Å². The molecule has 4 heteroatoms. The summed E-state index contributed by atoms with van der Waals surface area (Å²) in [7, 11) is 0. The average molecular weight is 210 g/mol.